The van der Waals surface area contributed by atoms with E-state index in [9.17, 15) is 9.59 Å². The highest BCUT2D eigenvalue weighted by Gasteiger charge is 2.28. The summed E-state index contributed by atoms with van der Waals surface area (Å²) < 4.78 is 0. The number of aromatic nitrogens is 2. The molecular weight excluding hydrogens is 290 g/mol. The monoisotopic (exact) mass is 305 g/mol. The first-order chi connectivity index (χ1) is 10.1. The molecule has 21 heavy (non-hydrogen) atoms. The molecular formula is C13H15N5O2S. The third-order valence-electron chi connectivity index (χ3n) is 3.80. The van der Waals surface area contributed by atoms with Crippen LogP contribution < -0.4 is 11.5 Å². The first kappa shape index (κ1) is 13.7. The summed E-state index contributed by atoms with van der Waals surface area (Å²) in [4.78, 5) is 26.6. The lowest BCUT2D eigenvalue weighted by Crippen LogP contribution is -2.41. The maximum absolute atomic E-state index is 12.6. The van der Waals surface area contributed by atoms with Gasteiger partial charge in [0, 0.05) is 24.4 Å². The van der Waals surface area contributed by atoms with Crippen LogP contribution in [0.15, 0.2) is 12.3 Å². The lowest BCUT2D eigenvalue weighted by molar-refractivity contribution is -0.123. The maximum atomic E-state index is 12.6. The van der Waals surface area contributed by atoms with Crippen LogP contribution in [-0.2, 0) is 4.79 Å². The highest BCUT2D eigenvalue weighted by atomic mass is 32.1. The summed E-state index contributed by atoms with van der Waals surface area (Å²) in [7, 11) is 0. The number of thiophene rings is 1. The molecule has 0 spiro atoms. The first-order valence-corrected chi connectivity index (χ1v) is 7.48. The van der Waals surface area contributed by atoms with Gasteiger partial charge in [0.1, 0.15) is 9.71 Å². The van der Waals surface area contributed by atoms with Crippen LogP contribution in [0, 0.1) is 5.92 Å². The number of amides is 2. The molecule has 0 aliphatic carbocycles. The van der Waals surface area contributed by atoms with Crippen LogP contribution in [0.4, 0.5) is 5.69 Å². The number of carbonyl (C=O) groups excluding carboxylic acids is 2. The van der Waals surface area contributed by atoms with Gasteiger partial charge in [-0.15, -0.1) is 16.4 Å². The number of nitrogens with zero attached hydrogens (tertiary/aromatic N) is 3. The topological polar surface area (TPSA) is 115 Å². The number of hydrogen-bond acceptors (Lipinski definition) is 6. The molecule has 0 atom stereocenters. The number of likely N-dealkylation sites (tertiary alicyclic amines) is 1. The van der Waals surface area contributed by atoms with Crippen LogP contribution in [0.25, 0.3) is 10.2 Å². The molecule has 3 heterocycles. The van der Waals surface area contributed by atoms with Crippen LogP contribution in [-0.4, -0.2) is 40.0 Å². The van der Waals surface area contributed by atoms with Crippen molar-refractivity contribution in [2.45, 2.75) is 12.8 Å². The van der Waals surface area contributed by atoms with E-state index < -0.39 is 0 Å². The molecule has 2 amide bonds. The SMILES string of the molecule is NC(=O)C1CCN(C(=O)c2sc3nnccc3c2N)CC1. The molecule has 1 saturated heterocycles. The van der Waals surface area contributed by atoms with Gasteiger partial charge >= 0.3 is 0 Å². The van der Waals surface area contributed by atoms with Gasteiger partial charge in [-0.05, 0) is 18.9 Å². The van der Waals surface area contributed by atoms with Gasteiger partial charge < -0.3 is 16.4 Å². The van der Waals surface area contributed by atoms with Crippen molar-refractivity contribution in [2.75, 3.05) is 18.8 Å². The number of nitrogen functional groups attached to an aromatic ring is 1. The molecule has 4 N–H and O–H groups in total. The van der Waals surface area contributed by atoms with Crippen molar-refractivity contribution in [1.29, 1.82) is 0 Å². The number of anilines is 1. The minimum Gasteiger partial charge on any atom is -0.397 e. The van der Waals surface area contributed by atoms with Crippen LogP contribution in [0.2, 0.25) is 0 Å². The molecule has 0 bridgehead atoms. The van der Waals surface area contributed by atoms with E-state index in [1.807, 2.05) is 0 Å². The standard InChI is InChI=1S/C13H15N5O2S/c14-9-8-1-4-16-17-12(8)21-10(9)13(20)18-5-2-7(3-6-18)11(15)19/h1,4,7H,2-3,5-6,14H2,(H2,15,19). The quantitative estimate of drug-likeness (QED) is 0.843. The molecule has 7 nitrogen and oxygen atoms in total. The molecule has 1 aliphatic heterocycles. The zero-order valence-electron chi connectivity index (χ0n) is 11.3. The number of carbonyl (C=O) groups is 2. The molecule has 0 unspecified atom stereocenters. The number of fused-ring (bicyclic) bond motifs is 1. The fourth-order valence-electron chi connectivity index (χ4n) is 2.54. The zero-order valence-corrected chi connectivity index (χ0v) is 12.1. The van der Waals surface area contributed by atoms with Gasteiger partial charge in [-0.25, -0.2) is 0 Å². The average molecular weight is 305 g/mol. The normalized spacial score (nSPS) is 16.3. The van der Waals surface area contributed by atoms with Crippen LogP contribution in [0.1, 0.15) is 22.5 Å². The summed E-state index contributed by atoms with van der Waals surface area (Å²) in [5, 5.41) is 8.53. The van der Waals surface area contributed by atoms with E-state index in [1.54, 1.807) is 17.2 Å². The van der Waals surface area contributed by atoms with Gasteiger partial charge in [-0.1, -0.05) is 0 Å². The highest BCUT2D eigenvalue weighted by molar-refractivity contribution is 7.21. The lowest BCUT2D eigenvalue weighted by Gasteiger charge is -2.30. The number of hydrogen-bond donors (Lipinski definition) is 2. The summed E-state index contributed by atoms with van der Waals surface area (Å²) in [5.74, 6) is -0.545. The van der Waals surface area contributed by atoms with Crippen molar-refractivity contribution in [3.63, 3.8) is 0 Å². The Bertz CT molecular complexity index is 706. The van der Waals surface area contributed by atoms with Crippen molar-refractivity contribution in [1.82, 2.24) is 15.1 Å². The van der Waals surface area contributed by atoms with Crippen LogP contribution in [0.3, 0.4) is 0 Å². The smallest absolute Gasteiger partial charge is 0.266 e. The summed E-state index contributed by atoms with van der Waals surface area (Å²) in [6.07, 6.45) is 2.76. The Morgan fingerprint density at radius 3 is 2.67 bits per heavy atom. The lowest BCUT2D eigenvalue weighted by atomic mass is 9.96. The Kier molecular flexibility index (Phi) is 3.46. The molecule has 1 aliphatic rings. The molecule has 0 aromatic carbocycles. The Hall–Kier alpha value is -2.22. The second kappa shape index (κ2) is 5.28. The number of primary amides is 1. The fraction of sp³-hybridized carbons (Fsp3) is 0.385. The fourth-order valence-corrected chi connectivity index (χ4v) is 3.55. The van der Waals surface area contributed by atoms with E-state index in [1.165, 1.54) is 11.3 Å². The van der Waals surface area contributed by atoms with Crippen LogP contribution >= 0.6 is 11.3 Å². The largest absolute Gasteiger partial charge is 0.397 e. The minimum absolute atomic E-state index is 0.113. The van der Waals surface area contributed by atoms with E-state index in [-0.39, 0.29) is 17.7 Å². The molecule has 3 rings (SSSR count). The highest BCUT2D eigenvalue weighted by Crippen LogP contribution is 2.33. The summed E-state index contributed by atoms with van der Waals surface area (Å²) in [6.45, 7) is 1.04. The van der Waals surface area contributed by atoms with Gasteiger partial charge in [0.25, 0.3) is 5.91 Å². The van der Waals surface area contributed by atoms with Gasteiger partial charge in [0.05, 0.1) is 11.9 Å². The predicted molar refractivity (Wildman–Crippen MR) is 79.6 cm³/mol. The maximum Gasteiger partial charge on any atom is 0.266 e. The summed E-state index contributed by atoms with van der Waals surface area (Å²) in [5.41, 5.74) is 11.8. The van der Waals surface area contributed by atoms with E-state index in [4.69, 9.17) is 11.5 Å². The molecule has 1 fully saturated rings. The minimum atomic E-state index is -0.293. The summed E-state index contributed by atoms with van der Waals surface area (Å²) >= 11 is 1.25. The molecule has 2 aromatic heterocycles. The van der Waals surface area contributed by atoms with Gasteiger partial charge in [0.15, 0.2) is 0 Å². The van der Waals surface area contributed by atoms with Crippen molar-refractivity contribution in [2.24, 2.45) is 11.7 Å². The Labute approximate surface area is 124 Å². The third kappa shape index (κ3) is 2.42. The average Bonchev–Trinajstić information content (AvgIpc) is 2.84. The molecule has 8 heteroatoms. The Morgan fingerprint density at radius 2 is 2.05 bits per heavy atom. The number of piperidine rings is 1. The summed E-state index contributed by atoms with van der Waals surface area (Å²) in [6, 6.07) is 1.75. The molecule has 0 saturated carbocycles. The first-order valence-electron chi connectivity index (χ1n) is 6.66. The van der Waals surface area contributed by atoms with Crippen molar-refractivity contribution in [3.8, 4) is 0 Å². The van der Waals surface area contributed by atoms with E-state index in [0.29, 0.717) is 41.3 Å². The van der Waals surface area contributed by atoms with Gasteiger partial charge in [-0.2, -0.15) is 5.10 Å². The van der Waals surface area contributed by atoms with Crippen molar-refractivity contribution < 1.29 is 9.59 Å². The Morgan fingerprint density at radius 1 is 1.33 bits per heavy atom. The number of nitrogens with two attached hydrogens (primary N) is 2. The Balaban J connectivity index is 1.82. The number of rotatable bonds is 2. The van der Waals surface area contributed by atoms with Gasteiger partial charge in [-0.3, -0.25) is 9.59 Å². The molecule has 110 valence electrons. The van der Waals surface area contributed by atoms with E-state index in [2.05, 4.69) is 10.2 Å². The second-order valence-electron chi connectivity index (χ2n) is 5.06. The van der Waals surface area contributed by atoms with Crippen molar-refractivity contribution >= 4 is 39.1 Å². The zero-order chi connectivity index (χ0) is 15.0. The third-order valence-corrected chi connectivity index (χ3v) is 4.89. The van der Waals surface area contributed by atoms with Gasteiger partial charge in [0.2, 0.25) is 5.91 Å². The predicted octanol–water partition coefficient (Wildman–Crippen LogP) is 0.611. The van der Waals surface area contributed by atoms with E-state index in [0.717, 1.165) is 5.39 Å². The molecule has 0 radical (unpaired) electrons. The van der Waals surface area contributed by atoms with E-state index >= 15 is 0 Å². The molecule has 2 aromatic rings. The second-order valence-corrected chi connectivity index (χ2v) is 6.06. The van der Waals surface area contributed by atoms with Crippen molar-refractivity contribution in [3.05, 3.63) is 17.1 Å². The van der Waals surface area contributed by atoms with Crippen LogP contribution in [0.5, 0.6) is 0 Å².